The van der Waals surface area contributed by atoms with Crippen LogP contribution in [0, 0.1) is 0 Å². The van der Waals surface area contributed by atoms with Gasteiger partial charge in [0.1, 0.15) is 5.01 Å². The SMILES string of the molecule is NCCCS(=O)(=O)c1ccc(-c2ncc(CNC(=O)c3ccc4c(c3)NC(=O)c3ccccc3S4(=O)=O)s2)cc1.O=C(O)C(F)(F)F. The molecule has 0 radical (unpaired) electrons. The number of carboxylic acid groups (broad SMARTS) is 1. The van der Waals surface area contributed by atoms with Crippen LogP contribution in [-0.2, 0) is 31.0 Å². The molecule has 5 N–H and O–H groups in total. The highest BCUT2D eigenvalue weighted by atomic mass is 32.2. The van der Waals surface area contributed by atoms with Gasteiger partial charge in [0.15, 0.2) is 9.84 Å². The topological polar surface area (TPSA) is 203 Å². The van der Waals surface area contributed by atoms with E-state index in [1.165, 1.54) is 41.7 Å². The lowest BCUT2D eigenvalue weighted by atomic mass is 10.1. The first kappa shape index (κ1) is 35.2. The van der Waals surface area contributed by atoms with Gasteiger partial charge in [0.2, 0.25) is 9.84 Å². The predicted molar refractivity (Wildman–Crippen MR) is 164 cm³/mol. The van der Waals surface area contributed by atoms with E-state index in [2.05, 4.69) is 15.6 Å². The molecule has 0 spiro atoms. The van der Waals surface area contributed by atoms with Crippen LogP contribution in [0.25, 0.3) is 10.6 Å². The molecule has 0 aliphatic carbocycles. The predicted octanol–water partition coefficient (Wildman–Crippen LogP) is 3.89. The molecule has 0 saturated heterocycles. The molecule has 3 aromatic carbocycles. The Morgan fingerprint density at radius 2 is 1.68 bits per heavy atom. The van der Waals surface area contributed by atoms with Gasteiger partial charge in [0.05, 0.1) is 38.2 Å². The van der Waals surface area contributed by atoms with E-state index in [1.54, 1.807) is 42.6 Å². The van der Waals surface area contributed by atoms with Crippen molar-refractivity contribution in [3.63, 3.8) is 0 Å². The van der Waals surface area contributed by atoms with E-state index in [0.717, 1.165) is 10.4 Å². The number of carbonyl (C=O) groups excluding carboxylic acids is 2. The number of rotatable bonds is 8. The number of aliphatic carboxylic acids is 1. The van der Waals surface area contributed by atoms with Gasteiger partial charge in [0.25, 0.3) is 11.8 Å². The van der Waals surface area contributed by atoms with Crippen molar-refractivity contribution in [1.82, 2.24) is 10.3 Å². The van der Waals surface area contributed by atoms with Gasteiger partial charge < -0.3 is 21.5 Å². The summed E-state index contributed by atoms with van der Waals surface area (Å²) in [6.07, 6.45) is -3.08. The van der Waals surface area contributed by atoms with Gasteiger partial charge in [-0.15, -0.1) is 11.3 Å². The monoisotopic (exact) mass is 710 g/mol. The van der Waals surface area contributed by atoms with Crippen LogP contribution in [0.1, 0.15) is 32.0 Å². The average molecular weight is 711 g/mol. The molecule has 248 valence electrons. The molecule has 5 rings (SSSR count). The first-order valence-electron chi connectivity index (χ1n) is 13.4. The van der Waals surface area contributed by atoms with Crippen LogP contribution in [0.2, 0.25) is 0 Å². The van der Waals surface area contributed by atoms with Crippen molar-refractivity contribution in [3.8, 4) is 10.6 Å². The summed E-state index contributed by atoms with van der Waals surface area (Å²) in [6.45, 7) is 0.463. The van der Waals surface area contributed by atoms with Gasteiger partial charge in [0, 0.05) is 22.2 Å². The number of fused-ring (bicyclic) bond motifs is 2. The zero-order valence-corrected chi connectivity index (χ0v) is 26.4. The van der Waals surface area contributed by atoms with Crippen molar-refractivity contribution in [2.75, 3.05) is 17.6 Å². The van der Waals surface area contributed by atoms with Gasteiger partial charge in [-0.1, -0.05) is 24.3 Å². The largest absolute Gasteiger partial charge is 0.490 e. The minimum absolute atomic E-state index is 0.00992. The Balaban J connectivity index is 0.000000644. The number of sulfone groups is 2. The van der Waals surface area contributed by atoms with Crippen molar-refractivity contribution in [3.05, 3.63) is 88.9 Å². The maximum atomic E-state index is 13.1. The van der Waals surface area contributed by atoms with Gasteiger partial charge >= 0.3 is 12.1 Å². The van der Waals surface area contributed by atoms with Crippen molar-refractivity contribution >= 4 is 54.5 Å². The van der Waals surface area contributed by atoms with E-state index in [0.29, 0.717) is 18.0 Å². The third-order valence-electron chi connectivity index (χ3n) is 6.50. The molecular formula is C29H25F3N4O8S3. The lowest BCUT2D eigenvalue weighted by Crippen LogP contribution is -2.22. The van der Waals surface area contributed by atoms with Crippen molar-refractivity contribution in [1.29, 1.82) is 0 Å². The smallest absolute Gasteiger partial charge is 0.475 e. The number of hydrogen-bond acceptors (Lipinski definition) is 10. The summed E-state index contributed by atoms with van der Waals surface area (Å²) in [7, 11) is -7.36. The summed E-state index contributed by atoms with van der Waals surface area (Å²) in [5.74, 6) is -3.80. The summed E-state index contributed by atoms with van der Waals surface area (Å²) in [5.41, 5.74) is 6.40. The minimum atomic E-state index is -5.08. The van der Waals surface area contributed by atoms with Gasteiger partial charge in [-0.05, 0) is 55.4 Å². The van der Waals surface area contributed by atoms with Crippen LogP contribution < -0.4 is 16.4 Å². The third-order valence-corrected chi connectivity index (χ3v) is 11.2. The molecule has 12 nitrogen and oxygen atoms in total. The fourth-order valence-electron chi connectivity index (χ4n) is 4.19. The Kier molecular flexibility index (Phi) is 10.5. The Morgan fingerprint density at radius 1 is 1.02 bits per heavy atom. The first-order valence-corrected chi connectivity index (χ1v) is 17.4. The summed E-state index contributed by atoms with van der Waals surface area (Å²) in [4.78, 5) is 39.6. The normalized spacial score (nSPS) is 13.6. The highest BCUT2D eigenvalue weighted by molar-refractivity contribution is 7.92. The van der Waals surface area contributed by atoms with E-state index in [-0.39, 0.29) is 43.8 Å². The minimum Gasteiger partial charge on any atom is -0.475 e. The number of anilines is 1. The fourth-order valence-corrected chi connectivity index (χ4v) is 7.97. The molecule has 2 amide bonds. The van der Waals surface area contributed by atoms with Crippen LogP contribution in [0.4, 0.5) is 18.9 Å². The van der Waals surface area contributed by atoms with Crippen LogP contribution in [-0.4, -0.2) is 63.2 Å². The Bertz CT molecular complexity index is 2050. The molecule has 1 aliphatic heterocycles. The lowest BCUT2D eigenvalue weighted by Gasteiger charge is -2.10. The second-order valence-electron chi connectivity index (χ2n) is 9.77. The van der Waals surface area contributed by atoms with Gasteiger partial charge in [-0.3, -0.25) is 9.59 Å². The van der Waals surface area contributed by atoms with E-state index in [9.17, 15) is 39.6 Å². The lowest BCUT2D eigenvalue weighted by molar-refractivity contribution is -0.192. The number of nitrogens with two attached hydrogens (primary N) is 1. The van der Waals surface area contributed by atoms with Crippen molar-refractivity contribution in [2.24, 2.45) is 5.73 Å². The number of halogens is 3. The maximum Gasteiger partial charge on any atom is 0.490 e. The molecule has 1 aromatic heterocycles. The molecule has 0 atom stereocenters. The average Bonchev–Trinajstić information content (AvgIpc) is 3.49. The molecule has 0 saturated carbocycles. The number of nitrogens with zero attached hydrogens (tertiary/aromatic N) is 1. The Labute approximate surface area is 270 Å². The van der Waals surface area contributed by atoms with Crippen LogP contribution >= 0.6 is 11.3 Å². The van der Waals surface area contributed by atoms with Crippen molar-refractivity contribution in [2.45, 2.75) is 33.8 Å². The Hall–Kier alpha value is -4.65. The van der Waals surface area contributed by atoms with E-state index < -0.39 is 43.6 Å². The number of thiazole rings is 1. The summed E-state index contributed by atoms with van der Waals surface area (Å²) in [6, 6.07) is 16.4. The van der Waals surface area contributed by atoms with E-state index in [4.69, 9.17) is 15.6 Å². The second-order valence-corrected chi connectivity index (χ2v) is 14.9. The molecule has 18 heteroatoms. The maximum absolute atomic E-state index is 13.1. The number of aromatic nitrogens is 1. The summed E-state index contributed by atoms with van der Waals surface area (Å²) >= 11 is 1.34. The third kappa shape index (κ3) is 8.20. The van der Waals surface area contributed by atoms with Crippen LogP contribution in [0.5, 0.6) is 0 Å². The highest BCUT2D eigenvalue weighted by Gasteiger charge is 2.38. The summed E-state index contributed by atoms with van der Waals surface area (Å²) in [5, 5.41) is 13.2. The van der Waals surface area contributed by atoms with Gasteiger partial charge in [-0.25, -0.2) is 26.6 Å². The Morgan fingerprint density at radius 3 is 2.32 bits per heavy atom. The molecule has 4 aromatic rings. The molecule has 47 heavy (non-hydrogen) atoms. The van der Waals surface area contributed by atoms with Crippen LogP contribution in [0.3, 0.4) is 0 Å². The fraction of sp³-hybridized carbons (Fsp3) is 0.172. The standard InChI is InChI=1S/C27H24N4O6S3.C2HF3O2/c28-12-3-13-39(34,35)20-9-6-17(7-10-20)27-30-16-19(38-27)15-29-25(32)18-8-11-24-22(14-18)31-26(33)21-4-1-2-5-23(21)40(24,36)37;3-2(4,5)1(6)7/h1-2,4-11,14,16H,3,12-13,15,28H2,(H,29,32)(H,31,33);(H,6,7). The molecule has 0 fully saturated rings. The molecule has 1 aliphatic rings. The van der Waals surface area contributed by atoms with E-state index in [1.807, 2.05) is 0 Å². The number of carbonyl (C=O) groups is 3. The molecule has 0 bridgehead atoms. The summed E-state index contributed by atoms with van der Waals surface area (Å²) < 4.78 is 82.7. The molecular weight excluding hydrogens is 686 g/mol. The number of alkyl halides is 3. The quantitative estimate of drug-likeness (QED) is 0.208. The number of nitrogens with one attached hydrogen (secondary N) is 2. The molecule has 2 heterocycles. The van der Waals surface area contributed by atoms with Crippen LogP contribution in [0.15, 0.2) is 87.6 Å². The highest BCUT2D eigenvalue weighted by Crippen LogP contribution is 2.34. The zero-order valence-electron chi connectivity index (χ0n) is 23.9. The molecule has 0 unspecified atom stereocenters. The van der Waals surface area contributed by atoms with Crippen molar-refractivity contribution < 1.29 is 49.5 Å². The van der Waals surface area contributed by atoms with Gasteiger partial charge in [-0.2, -0.15) is 13.2 Å². The number of benzene rings is 3. The zero-order chi connectivity index (χ0) is 34.6. The number of hydrogen-bond donors (Lipinski definition) is 4. The first-order chi connectivity index (χ1) is 22.0. The van der Waals surface area contributed by atoms with E-state index >= 15 is 0 Å². The second kappa shape index (κ2) is 14.0. The number of amides is 2. The number of carboxylic acids is 1.